The molecule has 0 aliphatic carbocycles. The Morgan fingerprint density at radius 3 is 2.71 bits per heavy atom. The summed E-state index contributed by atoms with van der Waals surface area (Å²) < 4.78 is 8.68. The number of carbonyl (C=O) groups is 2. The van der Waals surface area contributed by atoms with Crippen LogP contribution in [0.3, 0.4) is 0 Å². The topological polar surface area (TPSA) is 133 Å². The van der Waals surface area contributed by atoms with Gasteiger partial charge in [0.05, 0.1) is 23.7 Å². The SMILES string of the molecule is C=CCn1c(=O)c2ccc(C(=O)NC(C)C)cc2n2c(=O)n(CC(=O)NCc3ccco3)nc12. The monoisotopic (exact) mass is 464 g/mol. The minimum Gasteiger partial charge on any atom is -0.467 e. The van der Waals surface area contributed by atoms with E-state index < -0.39 is 17.2 Å². The summed E-state index contributed by atoms with van der Waals surface area (Å²) in [4.78, 5) is 51.3. The van der Waals surface area contributed by atoms with E-state index in [1.54, 1.807) is 12.1 Å². The predicted octanol–water partition coefficient (Wildman–Crippen LogP) is 1.04. The Labute approximate surface area is 193 Å². The molecule has 1 aromatic carbocycles. The molecule has 0 saturated heterocycles. The first-order valence-corrected chi connectivity index (χ1v) is 10.7. The molecule has 0 radical (unpaired) electrons. The Balaban J connectivity index is 1.81. The number of rotatable bonds is 8. The van der Waals surface area contributed by atoms with Gasteiger partial charge in [-0.05, 0) is 44.2 Å². The molecule has 34 heavy (non-hydrogen) atoms. The van der Waals surface area contributed by atoms with Crippen LogP contribution >= 0.6 is 0 Å². The molecule has 0 atom stereocenters. The normalized spacial score (nSPS) is 11.3. The summed E-state index contributed by atoms with van der Waals surface area (Å²) in [6, 6.07) is 7.84. The van der Waals surface area contributed by atoms with E-state index in [4.69, 9.17) is 4.42 Å². The van der Waals surface area contributed by atoms with Crippen LogP contribution in [0.5, 0.6) is 0 Å². The lowest BCUT2D eigenvalue weighted by Crippen LogP contribution is -2.32. The Morgan fingerprint density at radius 2 is 2.03 bits per heavy atom. The van der Waals surface area contributed by atoms with E-state index in [1.807, 2.05) is 13.8 Å². The third-order valence-corrected chi connectivity index (χ3v) is 5.10. The number of allylic oxidation sites excluding steroid dienone is 1. The minimum atomic E-state index is -0.618. The van der Waals surface area contributed by atoms with Gasteiger partial charge in [-0.15, -0.1) is 11.7 Å². The Morgan fingerprint density at radius 1 is 1.24 bits per heavy atom. The second-order valence-electron chi connectivity index (χ2n) is 8.00. The predicted molar refractivity (Wildman–Crippen MR) is 125 cm³/mol. The second-order valence-corrected chi connectivity index (χ2v) is 8.00. The van der Waals surface area contributed by atoms with Gasteiger partial charge >= 0.3 is 5.69 Å². The van der Waals surface area contributed by atoms with E-state index in [2.05, 4.69) is 22.3 Å². The number of amides is 2. The highest BCUT2D eigenvalue weighted by Crippen LogP contribution is 2.14. The van der Waals surface area contributed by atoms with Crippen LogP contribution in [0.1, 0.15) is 30.0 Å². The Hall–Kier alpha value is -4.41. The number of nitrogens with one attached hydrogen (secondary N) is 2. The zero-order valence-electron chi connectivity index (χ0n) is 18.8. The molecule has 0 fully saturated rings. The van der Waals surface area contributed by atoms with Crippen LogP contribution in [0.4, 0.5) is 0 Å². The quantitative estimate of drug-likeness (QED) is 0.375. The first-order valence-electron chi connectivity index (χ1n) is 10.7. The van der Waals surface area contributed by atoms with Gasteiger partial charge in [0, 0.05) is 18.2 Å². The molecule has 0 aliphatic heterocycles. The molecule has 4 rings (SSSR count). The van der Waals surface area contributed by atoms with E-state index >= 15 is 0 Å². The Bertz CT molecular complexity index is 1510. The van der Waals surface area contributed by atoms with Crippen molar-refractivity contribution in [1.82, 2.24) is 29.4 Å². The maximum absolute atomic E-state index is 13.3. The number of benzene rings is 1. The van der Waals surface area contributed by atoms with Gasteiger partial charge < -0.3 is 15.1 Å². The number of aromatic nitrogens is 4. The number of furan rings is 1. The van der Waals surface area contributed by atoms with Gasteiger partial charge in [-0.25, -0.2) is 13.9 Å². The fourth-order valence-corrected chi connectivity index (χ4v) is 3.59. The molecule has 0 spiro atoms. The Kier molecular flexibility index (Phi) is 6.17. The molecule has 3 heterocycles. The zero-order valence-corrected chi connectivity index (χ0v) is 18.8. The third-order valence-electron chi connectivity index (χ3n) is 5.10. The van der Waals surface area contributed by atoms with E-state index in [9.17, 15) is 19.2 Å². The van der Waals surface area contributed by atoms with Crippen LogP contribution in [0.2, 0.25) is 0 Å². The fourth-order valence-electron chi connectivity index (χ4n) is 3.59. The van der Waals surface area contributed by atoms with Gasteiger partial charge in [-0.3, -0.25) is 19.0 Å². The van der Waals surface area contributed by atoms with E-state index in [1.165, 1.54) is 39.5 Å². The van der Waals surface area contributed by atoms with Gasteiger partial charge in [-0.2, -0.15) is 0 Å². The minimum absolute atomic E-state index is 0.0441. The van der Waals surface area contributed by atoms with Crippen LogP contribution in [0.25, 0.3) is 16.7 Å². The summed E-state index contributed by atoms with van der Waals surface area (Å²) in [7, 11) is 0. The van der Waals surface area contributed by atoms with E-state index in [0.29, 0.717) is 11.3 Å². The molecule has 4 aromatic rings. The van der Waals surface area contributed by atoms with Crippen molar-refractivity contribution in [2.75, 3.05) is 0 Å². The zero-order chi connectivity index (χ0) is 24.4. The van der Waals surface area contributed by atoms with Gasteiger partial charge in [0.2, 0.25) is 11.7 Å². The molecule has 2 amide bonds. The molecule has 11 heteroatoms. The first-order chi connectivity index (χ1) is 16.3. The molecule has 11 nitrogen and oxygen atoms in total. The smallest absolute Gasteiger partial charge is 0.352 e. The van der Waals surface area contributed by atoms with E-state index in [-0.39, 0.29) is 48.3 Å². The third kappa shape index (κ3) is 4.27. The van der Waals surface area contributed by atoms with Crippen molar-refractivity contribution in [2.24, 2.45) is 0 Å². The lowest BCUT2D eigenvalue weighted by Gasteiger charge is -2.11. The largest absolute Gasteiger partial charge is 0.467 e. The molecule has 0 unspecified atom stereocenters. The summed E-state index contributed by atoms with van der Waals surface area (Å²) in [5.74, 6) is -0.185. The molecule has 0 saturated carbocycles. The lowest BCUT2D eigenvalue weighted by atomic mass is 10.1. The maximum atomic E-state index is 13.3. The van der Waals surface area contributed by atoms with Crippen molar-refractivity contribution >= 4 is 28.5 Å². The van der Waals surface area contributed by atoms with Crippen molar-refractivity contribution in [1.29, 1.82) is 0 Å². The summed E-state index contributed by atoms with van der Waals surface area (Å²) >= 11 is 0. The lowest BCUT2D eigenvalue weighted by molar-refractivity contribution is -0.122. The molecule has 176 valence electrons. The summed E-state index contributed by atoms with van der Waals surface area (Å²) in [5.41, 5.74) is -0.492. The van der Waals surface area contributed by atoms with Crippen molar-refractivity contribution in [3.05, 3.63) is 81.4 Å². The van der Waals surface area contributed by atoms with Crippen LogP contribution in [0, 0.1) is 0 Å². The molecule has 3 aromatic heterocycles. The number of fused-ring (bicyclic) bond motifs is 3. The number of hydrogen-bond donors (Lipinski definition) is 2. The molecular weight excluding hydrogens is 440 g/mol. The highest BCUT2D eigenvalue weighted by atomic mass is 16.3. The van der Waals surface area contributed by atoms with Crippen molar-refractivity contribution in [3.8, 4) is 0 Å². The van der Waals surface area contributed by atoms with Crippen LogP contribution in [-0.4, -0.2) is 36.6 Å². The molecule has 2 N–H and O–H groups in total. The van der Waals surface area contributed by atoms with Gasteiger partial charge in [0.15, 0.2) is 0 Å². The molecular formula is C23H24N6O5. The molecule has 0 aliphatic rings. The average molecular weight is 464 g/mol. The van der Waals surface area contributed by atoms with Crippen LogP contribution in [-0.2, 0) is 24.4 Å². The number of nitrogens with zero attached hydrogens (tertiary/aromatic N) is 4. The van der Waals surface area contributed by atoms with Crippen molar-refractivity contribution < 1.29 is 14.0 Å². The number of carbonyl (C=O) groups excluding carboxylic acids is 2. The van der Waals surface area contributed by atoms with Crippen molar-refractivity contribution in [2.45, 2.75) is 39.5 Å². The average Bonchev–Trinajstić information content (AvgIpc) is 3.43. The van der Waals surface area contributed by atoms with Gasteiger partial charge in [-0.1, -0.05) is 6.08 Å². The standard InChI is InChI=1S/C23H24N6O5/c1-4-9-27-21(32)17-8-7-15(20(31)25-14(2)3)11-18(17)29-22(27)26-28(23(29)33)13-19(30)24-12-16-6-5-10-34-16/h4-8,10-11,14H,1,9,12-13H2,2-3H3,(H,24,30)(H,25,31). The van der Waals surface area contributed by atoms with Gasteiger partial charge in [0.25, 0.3) is 11.5 Å². The fraction of sp³-hybridized carbons (Fsp3) is 0.261. The van der Waals surface area contributed by atoms with Crippen molar-refractivity contribution in [3.63, 3.8) is 0 Å². The number of hydrogen-bond acceptors (Lipinski definition) is 6. The van der Waals surface area contributed by atoms with E-state index in [0.717, 1.165) is 4.68 Å². The first kappa shape index (κ1) is 22.8. The maximum Gasteiger partial charge on any atom is 0.352 e. The van der Waals surface area contributed by atoms with Crippen LogP contribution < -0.4 is 21.9 Å². The summed E-state index contributed by atoms with van der Waals surface area (Å²) in [6.45, 7) is 7.23. The summed E-state index contributed by atoms with van der Waals surface area (Å²) in [6.07, 6.45) is 3.00. The van der Waals surface area contributed by atoms with Crippen LogP contribution in [0.15, 0.2) is 63.3 Å². The molecule has 0 bridgehead atoms. The second kappa shape index (κ2) is 9.22. The summed E-state index contributed by atoms with van der Waals surface area (Å²) in [5, 5.41) is 9.92. The highest BCUT2D eigenvalue weighted by Gasteiger charge is 2.20. The van der Waals surface area contributed by atoms with Gasteiger partial charge in [0.1, 0.15) is 12.3 Å². The highest BCUT2D eigenvalue weighted by molar-refractivity contribution is 5.98.